The van der Waals surface area contributed by atoms with Crippen LogP contribution in [0.4, 0.5) is 4.79 Å². The van der Waals surface area contributed by atoms with Gasteiger partial charge >= 0.3 is 12.1 Å². The van der Waals surface area contributed by atoms with Gasteiger partial charge < -0.3 is 14.8 Å². The summed E-state index contributed by atoms with van der Waals surface area (Å²) in [4.78, 5) is 23.1. The zero-order valence-corrected chi connectivity index (χ0v) is 12.1. The van der Waals surface area contributed by atoms with Crippen LogP contribution in [-0.2, 0) is 20.9 Å². The monoisotopic (exact) mass is 290 g/mol. The Morgan fingerprint density at radius 1 is 1.29 bits per heavy atom. The number of ether oxygens (including phenoxy) is 2. The molecule has 0 heterocycles. The fraction of sp³-hybridized carbons (Fsp3) is 0.400. The summed E-state index contributed by atoms with van der Waals surface area (Å²) in [5, 5.41) is 11.5. The molecule has 0 saturated heterocycles. The highest BCUT2D eigenvalue weighted by Crippen LogP contribution is 2.10. The van der Waals surface area contributed by atoms with E-state index in [1.165, 1.54) is 6.92 Å². The highest BCUT2D eigenvalue weighted by Gasteiger charge is 2.30. The minimum atomic E-state index is -1.36. The van der Waals surface area contributed by atoms with E-state index in [0.29, 0.717) is 0 Å². The minimum Gasteiger partial charge on any atom is -0.466 e. The first-order chi connectivity index (χ1) is 9.99. The smallest absolute Gasteiger partial charge is 0.408 e. The Bertz CT molecular complexity index is 524. The molecule has 6 nitrogen and oxygen atoms in total. The van der Waals surface area contributed by atoms with Gasteiger partial charge in [-0.05, 0) is 19.4 Å². The summed E-state index contributed by atoms with van der Waals surface area (Å²) in [6, 6.07) is 11.0. The molecule has 0 spiro atoms. The van der Waals surface area contributed by atoms with Gasteiger partial charge in [0.1, 0.15) is 12.1 Å². The van der Waals surface area contributed by atoms with Crippen molar-refractivity contribution in [2.75, 3.05) is 6.61 Å². The Balaban J connectivity index is 2.50. The Morgan fingerprint density at radius 3 is 2.52 bits per heavy atom. The van der Waals surface area contributed by atoms with E-state index in [1.54, 1.807) is 6.92 Å². The van der Waals surface area contributed by atoms with Crippen molar-refractivity contribution in [1.82, 2.24) is 5.32 Å². The molecule has 112 valence electrons. The molecule has 1 rings (SSSR count). The van der Waals surface area contributed by atoms with Gasteiger partial charge in [0.2, 0.25) is 0 Å². The normalized spacial score (nSPS) is 12.6. The number of amides is 1. The van der Waals surface area contributed by atoms with Gasteiger partial charge in [-0.15, -0.1) is 0 Å². The predicted molar refractivity (Wildman–Crippen MR) is 75.0 cm³/mol. The van der Waals surface area contributed by atoms with Crippen molar-refractivity contribution in [2.45, 2.75) is 32.4 Å². The lowest BCUT2D eigenvalue weighted by Crippen LogP contribution is -2.46. The second-order valence-electron chi connectivity index (χ2n) is 4.61. The van der Waals surface area contributed by atoms with Crippen molar-refractivity contribution in [2.24, 2.45) is 0 Å². The van der Waals surface area contributed by atoms with Crippen molar-refractivity contribution >= 4 is 12.1 Å². The first kappa shape index (κ1) is 16.5. The summed E-state index contributed by atoms with van der Waals surface area (Å²) in [7, 11) is 0. The zero-order chi connectivity index (χ0) is 15.7. The molecular weight excluding hydrogens is 272 g/mol. The third-order valence-corrected chi connectivity index (χ3v) is 2.64. The van der Waals surface area contributed by atoms with E-state index in [1.807, 2.05) is 36.4 Å². The van der Waals surface area contributed by atoms with E-state index in [-0.39, 0.29) is 19.6 Å². The third kappa shape index (κ3) is 5.95. The molecule has 0 fully saturated rings. The van der Waals surface area contributed by atoms with Gasteiger partial charge in [-0.3, -0.25) is 4.79 Å². The van der Waals surface area contributed by atoms with E-state index in [9.17, 15) is 9.59 Å². The van der Waals surface area contributed by atoms with Gasteiger partial charge in [-0.25, -0.2) is 4.79 Å². The minimum absolute atomic E-state index is 0.0909. The van der Waals surface area contributed by atoms with Gasteiger partial charge in [0.25, 0.3) is 0 Å². The number of nitrogens with one attached hydrogen (secondary N) is 1. The molecule has 1 N–H and O–H groups in total. The molecule has 1 aromatic rings. The van der Waals surface area contributed by atoms with Crippen molar-refractivity contribution < 1.29 is 19.1 Å². The van der Waals surface area contributed by atoms with Gasteiger partial charge in [0, 0.05) is 0 Å². The molecular formula is C15H18N2O4. The molecule has 1 atom stereocenters. The number of carbonyl (C=O) groups is 2. The van der Waals surface area contributed by atoms with Crippen LogP contribution >= 0.6 is 0 Å². The molecule has 1 unspecified atom stereocenters. The maximum absolute atomic E-state index is 11.7. The van der Waals surface area contributed by atoms with Crippen LogP contribution in [0, 0.1) is 11.3 Å². The van der Waals surface area contributed by atoms with Crippen LogP contribution in [0.5, 0.6) is 0 Å². The fourth-order valence-electron chi connectivity index (χ4n) is 1.60. The predicted octanol–water partition coefficient (Wildman–Crippen LogP) is 2.15. The van der Waals surface area contributed by atoms with Crippen LogP contribution < -0.4 is 5.32 Å². The summed E-state index contributed by atoms with van der Waals surface area (Å²) in [5.74, 6) is -0.551. The zero-order valence-electron chi connectivity index (χ0n) is 12.1. The standard InChI is InChI=1S/C15H18N2O4/c1-3-20-13(18)9-15(2,11-16)17-14(19)21-10-12-7-5-4-6-8-12/h4-8H,3,9-10H2,1-2H3,(H,17,19). The summed E-state index contributed by atoms with van der Waals surface area (Å²) in [6.45, 7) is 3.42. The lowest BCUT2D eigenvalue weighted by Gasteiger charge is -2.21. The maximum Gasteiger partial charge on any atom is 0.408 e. The van der Waals surface area contributed by atoms with E-state index < -0.39 is 17.6 Å². The van der Waals surface area contributed by atoms with E-state index >= 15 is 0 Å². The first-order valence-corrected chi connectivity index (χ1v) is 6.55. The number of benzene rings is 1. The second-order valence-corrected chi connectivity index (χ2v) is 4.61. The van der Waals surface area contributed by atoms with Crippen molar-refractivity contribution in [3.8, 4) is 6.07 Å². The van der Waals surface area contributed by atoms with Crippen LogP contribution in [0.1, 0.15) is 25.8 Å². The summed E-state index contributed by atoms with van der Waals surface area (Å²) < 4.78 is 9.78. The molecule has 0 bridgehead atoms. The highest BCUT2D eigenvalue weighted by molar-refractivity contribution is 5.75. The summed E-state index contributed by atoms with van der Waals surface area (Å²) in [5.41, 5.74) is -0.531. The average Bonchev–Trinajstić information content (AvgIpc) is 2.46. The number of hydrogen-bond donors (Lipinski definition) is 1. The van der Waals surface area contributed by atoms with Crippen molar-refractivity contribution in [1.29, 1.82) is 5.26 Å². The number of nitriles is 1. The van der Waals surface area contributed by atoms with Crippen LogP contribution in [0.3, 0.4) is 0 Å². The SMILES string of the molecule is CCOC(=O)CC(C)(C#N)NC(=O)OCc1ccccc1. The number of esters is 1. The molecule has 0 aliphatic heterocycles. The van der Waals surface area contributed by atoms with Gasteiger partial charge in [0.05, 0.1) is 19.1 Å². The van der Waals surface area contributed by atoms with Crippen LogP contribution in [-0.4, -0.2) is 24.2 Å². The van der Waals surface area contributed by atoms with Crippen molar-refractivity contribution in [3.63, 3.8) is 0 Å². The van der Waals surface area contributed by atoms with Gasteiger partial charge in [-0.2, -0.15) is 5.26 Å². The molecule has 0 aliphatic rings. The topological polar surface area (TPSA) is 88.4 Å². The second kappa shape index (κ2) is 7.90. The van der Waals surface area contributed by atoms with Gasteiger partial charge in [-0.1, -0.05) is 30.3 Å². The Kier molecular flexibility index (Phi) is 6.21. The van der Waals surface area contributed by atoms with Crippen LogP contribution in [0.25, 0.3) is 0 Å². The lowest BCUT2D eigenvalue weighted by molar-refractivity contribution is -0.144. The van der Waals surface area contributed by atoms with Crippen LogP contribution in [0.2, 0.25) is 0 Å². The largest absolute Gasteiger partial charge is 0.466 e. The molecule has 0 aliphatic carbocycles. The van der Waals surface area contributed by atoms with E-state index in [0.717, 1.165) is 5.56 Å². The number of rotatable bonds is 6. The van der Waals surface area contributed by atoms with E-state index in [4.69, 9.17) is 14.7 Å². The molecule has 1 aromatic carbocycles. The molecule has 1 amide bonds. The summed E-state index contributed by atoms with van der Waals surface area (Å²) in [6.07, 6.45) is -0.996. The molecule has 0 aromatic heterocycles. The fourth-order valence-corrected chi connectivity index (χ4v) is 1.60. The number of nitrogens with zero attached hydrogens (tertiary/aromatic N) is 1. The first-order valence-electron chi connectivity index (χ1n) is 6.55. The number of alkyl carbamates (subject to hydrolysis) is 1. The Hall–Kier alpha value is -2.55. The Labute approximate surface area is 123 Å². The maximum atomic E-state index is 11.7. The Morgan fingerprint density at radius 2 is 1.95 bits per heavy atom. The molecule has 6 heteroatoms. The number of hydrogen-bond acceptors (Lipinski definition) is 5. The highest BCUT2D eigenvalue weighted by atomic mass is 16.5. The molecule has 0 saturated carbocycles. The number of carbonyl (C=O) groups excluding carboxylic acids is 2. The third-order valence-electron chi connectivity index (χ3n) is 2.64. The lowest BCUT2D eigenvalue weighted by atomic mass is 10.0. The van der Waals surface area contributed by atoms with E-state index in [2.05, 4.69) is 5.32 Å². The quantitative estimate of drug-likeness (QED) is 0.811. The summed E-state index contributed by atoms with van der Waals surface area (Å²) >= 11 is 0. The van der Waals surface area contributed by atoms with Crippen LogP contribution in [0.15, 0.2) is 30.3 Å². The van der Waals surface area contributed by atoms with Crippen molar-refractivity contribution in [3.05, 3.63) is 35.9 Å². The molecule has 21 heavy (non-hydrogen) atoms. The van der Waals surface area contributed by atoms with Gasteiger partial charge in [0.15, 0.2) is 0 Å². The average molecular weight is 290 g/mol. The molecule has 0 radical (unpaired) electrons.